The Morgan fingerprint density at radius 1 is 1.17 bits per heavy atom. The van der Waals surface area contributed by atoms with Crippen LogP contribution in [0, 0.1) is 0 Å². The molecule has 0 spiro atoms. The third-order valence-electron chi connectivity index (χ3n) is 2.73. The molecule has 3 rings (SSSR count). The minimum absolute atomic E-state index is 0.668. The molecule has 0 heterocycles. The van der Waals surface area contributed by atoms with Crippen LogP contribution in [0.4, 0.5) is 0 Å². The van der Waals surface area contributed by atoms with E-state index in [0.717, 1.165) is 0 Å². The molecule has 0 fully saturated rings. The summed E-state index contributed by atoms with van der Waals surface area (Å²) in [6.45, 7) is 0. The lowest BCUT2D eigenvalue weighted by Gasteiger charge is -2.16. The van der Waals surface area contributed by atoms with Gasteiger partial charge in [0, 0.05) is 5.92 Å². The molecule has 2 bridgehead atoms. The second-order valence-corrected chi connectivity index (χ2v) is 3.52. The average molecular weight is 154 g/mol. The quantitative estimate of drug-likeness (QED) is 0.538. The van der Waals surface area contributed by atoms with Crippen molar-refractivity contribution in [3.8, 4) is 0 Å². The van der Waals surface area contributed by atoms with Crippen LogP contribution >= 0.6 is 0 Å². The maximum atomic E-state index is 2.32. The van der Waals surface area contributed by atoms with Crippen LogP contribution in [0.25, 0.3) is 6.08 Å². The molecule has 2 aliphatic carbocycles. The van der Waals surface area contributed by atoms with Gasteiger partial charge in [0.15, 0.2) is 0 Å². The van der Waals surface area contributed by atoms with Crippen LogP contribution in [0.3, 0.4) is 0 Å². The van der Waals surface area contributed by atoms with Gasteiger partial charge in [-0.05, 0) is 23.1 Å². The van der Waals surface area contributed by atoms with Crippen LogP contribution in [0.1, 0.15) is 23.5 Å². The van der Waals surface area contributed by atoms with Gasteiger partial charge in [0.2, 0.25) is 0 Å². The molecule has 0 radical (unpaired) electrons. The number of hydrogen-bond donors (Lipinski definition) is 0. The maximum Gasteiger partial charge on any atom is 0.00675 e. The molecule has 1 atom stereocenters. The van der Waals surface area contributed by atoms with Gasteiger partial charge in [-0.25, -0.2) is 0 Å². The van der Waals surface area contributed by atoms with Crippen molar-refractivity contribution in [2.75, 3.05) is 0 Å². The fraction of sp³-hybridized carbons (Fsp3) is 0.167. The lowest BCUT2D eigenvalue weighted by atomic mass is 9.88. The zero-order chi connectivity index (χ0) is 7.97. The highest BCUT2D eigenvalue weighted by atomic mass is 14.3. The zero-order valence-electron chi connectivity index (χ0n) is 6.83. The van der Waals surface area contributed by atoms with E-state index < -0.39 is 0 Å². The summed E-state index contributed by atoms with van der Waals surface area (Å²) in [5.74, 6) is 0.668. The average Bonchev–Trinajstić information content (AvgIpc) is 2.49. The Balaban J connectivity index is 2.29. The SMILES string of the molecule is C1=CC2CC1=Cc1ccccc12. The minimum Gasteiger partial charge on any atom is -0.0764 e. The topological polar surface area (TPSA) is 0 Å². The monoisotopic (exact) mass is 154 g/mol. The smallest absolute Gasteiger partial charge is 0.00675 e. The van der Waals surface area contributed by atoms with E-state index in [2.05, 4.69) is 42.5 Å². The van der Waals surface area contributed by atoms with Crippen molar-refractivity contribution in [2.45, 2.75) is 12.3 Å². The zero-order valence-corrected chi connectivity index (χ0v) is 6.83. The summed E-state index contributed by atoms with van der Waals surface area (Å²) in [6.07, 6.45) is 8.09. The molecule has 1 unspecified atom stereocenters. The van der Waals surface area contributed by atoms with Gasteiger partial charge in [-0.3, -0.25) is 0 Å². The molecule has 0 nitrogen and oxygen atoms in total. The van der Waals surface area contributed by atoms with Crippen molar-refractivity contribution in [3.63, 3.8) is 0 Å². The van der Waals surface area contributed by atoms with Gasteiger partial charge in [-0.1, -0.05) is 42.5 Å². The highest BCUT2D eigenvalue weighted by molar-refractivity contribution is 5.66. The number of hydrogen-bond acceptors (Lipinski definition) is 0. The van der Waals surface area contributed by atoms with Gasteiger partial charge in [0.1, 0.15) is 0 Å². The van der Waals surface area contributed by atoms with Gasteiger partial charge in [0.25, 0.3) is 0 Å². The van der Waals surface area contributed by atoms with Crippen molar-refractivity contribution in [2.24, 2.45) is 0 Å². The van der Waals surface area contributed by atoms with E-state index in [1.807, 2.05) is 0 Å². The van der Waals surface area contributed by atoms with Crippen molar-refractivity contribution >= 4 is 6.08 Å². The largest absolute Gasteiger partial charge is 0.0764 e. The molecule has 0 heteroatoms. The number of fused-ring (bicyclic) bond motifs is 4. The highest BCUT2D eigenvalue weighted by Gasteiger charge is 2.21. The van der Waals surface area contributed by atoms with E-state index >= 15 is 0 Å². The van der Waals surface area contributed by atoms with Crippen molar-refractivity contribution in [1.29, 1.82) is 0 Å². The van der Waals surface area contributed by atoms with Gasteiger partial charge in [0.05, 0.1) is 0 Å². The highest BCUT2D eigenvalue weighted by Crippen LogP contribution is 2.39. The summed E-state index contributed by atoms with van der Waals surface area (Å²) >= 11 is 0. The Bertz CT molecular complexity index is 383. The molecule has 1 aromatic rings. The lowest BCUT2D eigenvalue weighted by Crippen LogP contribution is -1.98. The van der Waals surface area contributed by atoms with Crippen LogP contribution in [-0.2, 0) is 0 Å². The molecule has 0 aliphatic heterocycles. The Morgan fingerprint density at radius 2 is 2.08 bits per heavy atom. The molecule has 0 aromatic heterocycles. The molecule has 58 valence electrons. The first-order valence-electron chi connectivity index (χ1n) is 4.41. The first kappa shape index (κ1) is 6.24. The summed E-state index contributed by atoms with van der Waals surface area (Å²) in [7, 11) is 0. The minimum atomic E-state index is 0.668. The van der Waals surface area contributed by atoms with Crippen molar-refractivity contribution in [1.82, 2.24) is 0 Å². The van der Waals surface area contributed by atoms with Crippen LogP contribution in [0.5, 0.6) is 0 Å². The van der Waals surface area contributed by atoms with Gasteiger partial charge < -0.3 is 0 Å². The van der Waals surface area contributed by atoms with Crippen LogP contribution in [0.15, 0.2) is 42.0 Å². The van der Waals surface area contributed by atoms with E-state index in [4.69, 9.17) is 0 Å². The molecular formula is C12H10. The molecule has 0 saturated heterocycles. The fourth-order valence-electron chi connectivity index (χ4n) is 2.13. The summed E-state index contributed by atoms with van der Waals surface area (Å²) in [4.78, 5) is 0. The number of benzene rings is 1. The summed E-state index contributed by atoms with van der Waals surface area (Å²) in [6, 6.07) is 8.68. The third kappa shape index (κ3) is 0.724. The van der Waals surface area contributed by atoms with Gasteiger partial charge in [-0.2, -0.15) is 0 Å². The van der Waals surface area contributed by atoms with Crippen LogP contribution in [0.2, 0.25) is 0 Å². The van der Waals surface area contributed by atoms with Crippen LogP contribution < -0.4 is 0 Å². The van der Waals surface area contributed by atoms with E-state index in [0.29, 0.717) is 5.92 Å². The van der Waals surface area contributed by atoms with Gasteiger partial charge >= 0.3 is 0 Å². The summed E-state index contributed by atoms with van der Waals surface area (Å²) < 4.78 is 0. The molecule has 2 aliphatic rings. The number of allylic oxidation sites excluding steroid dienone is 3. The molecule has 0 N–H and O–H groups in total. The fourth-order valence-corrected chi connectivity index (χ4v) is 2.13. The van der Waals surface area contributed by atoms with Gasteiger partial charge in [-0.15, -0.1) is 0 Å². The molecule has 12 heavy (non-hydrogen) atoms. The lowest BCUT2D eigenvalue weighted by molar-refractivity contribution is 0.865. The standard InChI is InChI=1S/C12H10/c1-2-4-12-10(3-1)7-9-5-6-11(12)8-9/h1-7,11H,8H2. The van der Waals surface area contributed by atoms with Crippen LogP contribution in [-0.4, -0.2) is 0 Å². The van der Waals surface area contributed by atoms with E-state index in [1.165, 1.54) is 23.1 Å². The Kier molecular flexibility index (Phi) is 1.09. The second kappa shape index (κ2) is 2.10. The normalized spacial score (nSPS) is 23.7. The Hall–Kier alpha value is -1.30. The second-order valence-electron chi connectivity index (χ2n) is 3.52. The predicted octanol–water partition coefficient (Wildman–Crippen LogP) is 3.13. The van der Waals surface area contributed by atoms with Crippen molar-refractivity contribution in [3.05, 3.63) is 53.1 Å². The first-order valence-corrected chi connectivity index (χ1v) is 4.41. The van der Waals surface area contributed by atoms with E-state index in [1.54, 1.807) is 0 Å². The molecular weight excluding hydrogens is 144 g/mol. The van der Waals surface area contributed by atoms with E-state index in [9.17, 15) is 0 Å². The third-order valence-corrected chi connectivity index (χ3v) is 2.73. The summed E-state index contributed by atoms with van der Waals surface area (Å²) in [5, 5.41) is 0. The van der Waals surface area contributed by atoms with Crippen molar-refractivity contribution < 1.29 is 0 Å². The Morgan fingerprint density at radius 3 is 3.08 bits per heavy atom. The predicted molar refractivity (Wildman–Crippen MR) is 50.9 cm³/mol. The molecule has 0 amide bonds. The van der Waals surface area contributed by atoms with E-state index in [-0.39, 0.29) is 0 Å². The molecule has 1 aromatic carbocycles. The summed E-state index contributed by atoms with van der Waals surface area (Å²) in [5.41, 5.74) is 4.39. The number of rotatable bonds is 0. The Labute approximate surface area is 72.2 Å². The first-order chi connectivity index (χ1) is 5.93. The molecule has 0 saturated carbocycles. The maximum absolute atomic E-state index is 2.32.